The third kappa shape index (κ3) is 2.89. The summed E-state index contributed by atoms with van der Waals surface area (Å²) in [7, 11) is 0. The third-order valence-corrected chi connectivity index (χ3v) is 3.36. The van der Waals surface area contributed by atoms with Crippen molar-refractivity contribution in [2.24, 2.45) is 5.92 Å². The lowest BCUT2D eigenvalue weighted by Gasteiger charge is -2.23. The highest BCUT2D eigenvalue weighted by atomic mass is 35.5. The molecule has 1 aliphatic heterocycles. The minimum atomic E-state index is 0.615. The second kappa shape index (κ2) is 5.55. The SMILES string of the molecule is Cc1cccc(Cl)c1NCC1CCCOC1. The van der Waals surface area contributed by atoms with Gasteiger partial charge in [-0.15, -0.1) is 0 Å². The Kier molecular flexibility index (Phi) is 4.08. The molecule has 88 valence electrons. The van der Waals surface area contributed by atoms with Gasteiger partial charge in [0.1, 0.15) is 0 Å². The minimum Gasteiger partial charge on any atom is -0.383 e. The zero-order chi connectivity index (χ0) is 11.4. The third-order valence-electron chi connectivity index (χ3n) is 3.04. The van der Waals surface area contributed by atoms with E-state index in [1.54, 1.807) is 0 Å². The van der Waals surface area contributed by atoms with Crippen LogP contribution in [0.3, 0.4) is 0 Å². The van der Waals surface area contributed by atoms with Crippen molar-refractivity contribution in [3.05, 3.63) is 28.8 Å². The van der Waals surface area contributed by atoms with E-state index in [9.17, 15) is 0 Å². The quantitative estimate of drug-likeness (QED) is 0.872. The molecule has 1 atom stereocenters. The molecule has 1 aliphatic rings. The van der Waals surface area contributed by atoms with E-state index in [0.717, 1.165) is 30.5 Å². The predicted molar refractivity (Wildman–Crippen MR) is 68.2 cm³/mol. The fourth-order valence-electron chi connectivity index (χ4n) is 2.07. The van der Waals surface area contributed by atoms with Crippen molar-refractivity contribution in [2.75, 3.05) is 25.1 Å². The molecule has 0 aliphatic carbocycles. The monoisotopic (exact) mass is 239 g/mol. The summed E-state index contributed by atoms with van der Waals surface area (Å²) in [5.74, 6) is 0.615. The lowest BCUT2D eigenvalue weighted by Crippen LogP contribution is -2.24. The highest BCUT2D eigenvalue weighted by Gasteiger charge is 2.14. The van der Waals surface area contributed by atoms with Crippen molar-refractivity contribution in [1.82, 2.24) is 0 Å². The number of para-hydroxylation sites is 1. The maximum Gasteiger partial charge on any atom is 0.0640 e. The van der Waals surface area contributed by atoms with Gasteiger partial charge in [0, 0.05) is 13.2 Å². The summed E-state index contributed by atoms with van der Waals surface area (Å²) in [6.07, 6.45) is 2.42. The lowest BCUT2D eigenvalue weighted by atomic mass is 10.0. The van der Waals surface area contributed by atoms with E-state index in [0.29, 0.717) is 5.92 Å². The number of rotatable bonds is 3. The summed E-state index contributed by atoms with van der Waals surface area (Å²) in [5.41, 5.74) is 2.26. The van der Waals surface area contributed by atoms with Gasteiger partial charge in [0.25, 0.3) is 0 Å². The van der Waals surface area contributed by atoms with Gasteiger partial charge in [-0.1, -0.05) is 23.7 Å². The Morgan fingerprint density at radius 1 is 1.50 bits per heavy atom. The first-order chi connectivity index (χ1) is 7.77. The van der Waals surface area contributed by atoms with Gasteiger partial charge in [-0.05, 0) is 37.3 Å². The Morgan fingerprint density at radius 3 is 3.06 bits per heavy atom. The number of aryl methyl sites for hydroxylation is 1. The number of hydrogen-bond acceptors (Lipinski definition) is 2. The van der Waals surface area contributed by atoms with Crippen LogP contribution in [0.25, 0.3) is 0 Å². The molecule has 0 aromatic heterocycles. The van der Waals surface area contributed by atoms with Crippen molar-refractivity contribution in [1.29, 1.82) is 0 Å². The Morgan fingerprint density at radius 2 is 2.38 bits per heavy atom. The molecule has 0 saturated carbocycles. The summed E-state index contributed by atoms with van der Waals surface area (Å²) in [5, 5.41) is 4.24. The molecule has 1 fully saturated rings. The van der Waals surface area contributed by atoms with E-state index in [1.807, 2.05) is 12.1 Å². The average molecular weight is 240 g/mol. The van der Waals surface area contributed by atoms with Crippen LogP contribution in [0, 0.1) is 12.8 Å². The topological polar surface area (TPSA) is 21.3 Å². The highest BCUT2D eigenvalue weighted by molar-refractivity contribution is 6.33. The molecule has 2 rings (SSSR count). The summed E-state index contributed by atoms with van der Waals surface area (Å²) in [6.45, 7) is 4.81. The second-order valence-corrected chi connectivity index (χ2v) is 4.80. The Hall–Kier alpha value is -0.730. The van der Waals surface area contributed by atoms with E-state index >= 15 is 0 Å². The average Bonchev–Trinajstić information content (AvgIpc) is 2.30. The number of nitrogens with one attached hydrogen (secondary N) is 1. The Balaban J connectivity index is 1.93. The summed E-state index contributed by atoms with van der Waals surface area (Å²) in [4.78, 5) is 0. The van der Waals surface area contributed by atoms with Crippen LogP contribution in [-0.4, -0.2) is 19.8 Å². The molecule has 1 unspecified atom stereocenters. The molecular weight excluding hydrogens is 222 g/mol. The van der Waals surface area contributed by atoms with Gasteiger partial charge < -0.3 is 10.1 Å². The first kappa shape index (κ1) is 11.7. The van der Waals surface area contributed by atoms with Crippen LogP contribution >= 0.6 is 11.6 Å². The van der Waals surface area contributed by atoms with Crippen LogP contribution in [0.2, 0.25) is 5.02 Å². The zero-order valence-corrected chi connectivity index (χ0v) is 10.4. The van der Waals surface area contributed by atoms with Crippen molar-refractivity contribution < 1.29 is 4.74 Å². The number of hydrogen-bond donors (Lipinski definition) is 1. The van der Waals surface area contributed by atoms with E-state index in [4.69, 9.17) is 16.3 Å². The summed E-state index contributed by atoms with van der Waals surface area (Å²) >= 11 is 6.15. The summed E-state index contributed by atoms with van der Waals surface area (Å²) in [6, 6.07) is 5.98. The molecule has 1 heterocycles. The number of benzene rings is 1. The maximum atomic E-state index is 6.15. The van der Waals surface area contributed by atoms with Crippen LogP contribution in [-0.2, 0) is 4.74 Å². The smallest absolute Gasteiger partial charge is 0.0640 e. The van der Waals surface area contributed by atoms with Crippen molar-refractivity contribution in [3.8, 4) is 0 Å². The molecule has 1 N–H and O–H groups in total. The van der Waals surface area contributed by atoms with Gasteiger partial charge in [0.2, 0.25) is 0 Å². The molecule has 0 amide bonds. The molecule has 3 heteroatoms. The first-order valence-corrected chi connectivity index (χ1v) is 6.22. The number of halogens is 1. The van der Waals surface area contributed by atoms with Gasteiger partial charge >= 0.3 is 0 Å². The molecule has 1 aromatic rings. The molecule has 1 aromatic carbocycles. The highest BCUT2D eigenvalue weighted by Crippen LogP contribution is 2.26. The van der Waals surface area contributed by atoms with Crippen LogP contribution in [0.1, 0.15) is 18.4 Å². The van der Waals surface area contributed by atoms with Gasteiger partial charge in [-0.25, -0.2) is 0 Å². The van der Waals surface area contributed by atoms with E-state index in [-0.39, 0.29) is 0 Å². The lowest BCUT2D eigenvalue weighted by molar-refractivity contribution is 0.0595. The predicted octanol–water partition coefficient (Wildman–Crippen LogP) is 3.49. The fraction of sp³-hybridized carbons (Fsp3) is 0.538. The van der Waals surface area contributed by atoms with Crippen molar-refractivity contribution in [3.63, 3.8) is 0 Å². The van der Waals surface area contributed by atoms with Crippen LogP contribution in [0.15, 0.2) is 18.2 Å². The van der Waals surface area contributed by atoms with Gasteiger partial charge in [-0.2, -0.15) is 0 Å². The normalized spacial score (nSPS) is 20.8. The van der Waals surface area contributed by atoms with Gasteiger partial charge in [0.05, 0.1) is 17.3 Å². The molecular formula is C13H18ClNO. The number of ether oxygens (including phenoxy) is 1. The molecule has 0 spiro atoms. The maximum absolute atomic E-state index is 6.15. The number of anilines is 1. The van der Waals surface area contributed by atoms with E-state index in [2.05, 4.69) is 18.3 Å². The van der Waals surface area contributed by atoms with E-state index < -0.39 is 0 Å². The summed E-state index contributed by atoms with van der Waals surface area (Å²) < 4.78 is 5.46. The Bertz CT molecular complexity index is 328. The minimum absolute atomic E-state index is 0.615. The van der Waals surface area contributed by atoms with Crippen LogP contribution in [0.5, 0.6) is 0 Å². The molecule has 0 radical (unpaired) electrons. The second-order valence-electron chi connectivity index (χ2n) is 4.40. The largest absolute Gasteiger partial charge is 0.383 e. The van der Waals surface area contributed by atoms with Crippen molar-refractivity contribution in [2.45, 2.75) is 19.8 Å². The molecule has 1 saturated heterocycles. The Labute approximate surface area is 102 Å². The van der Waals surface area contributed by atoms with Gasteiger partial charge in [-0.3, -0.25) is 0 Å². The fourth-order valence-corrected chi connectivity index (χ4v) is 2.36. The first-order valence-electron chi connectivity index (χ1n) is 5.84. The van der Waals surface area contributed by atoms with E-state index in [1.165, 1.54) is 18.4 Å². The molecule has 2 nitrogen and oxygen atoms in total. The molecule has 16 heavy (non-hydrogen) atoms. The van der Waals surface area contributed by atoms with Crippen LogP contribution in [0.4, 0.5) is 5.69 Å². The zero-order valence-electron chi connectivity index (χ0n) is 9.63. The molecule has 0 bridgehead atoms. The standard InChI is InChI=1S/C13H18ClNO/c1-10-4-2-6-12(14)13(10)15-8-11-5-3-7-16-9-11/h2,4,6,11,15H,3,5,7-9H2,1H3. The van der Waals surface area contributed by atoms with Gasteiger partial charge in [0.15, 0.2) is 0 Å². The van der Waals surface area contributed by atoms with Crippen LogP contribution < -0.4 is 5.32 Å². The van der Waals surface area contributed by atoms with Crippen molar-refractivity contribution >= 4 is 17.3 Å².